The maximum atomic E-state index is 11.1. The van der Waals surface area contributed by atoms with E-state index in [4.69, 9.17) is 9.84 Å². The van der Waals surface area contributed by atoms with Crippen LogP contribution in [0.15, 0.2) is 18.3 Å². The first-order valence-electron chi connectivity index (χ1n) is 5.22. The number of amides is 1. The first-order chi connectivity index (χ1) is 8.13. The number of hydrogen-bond donors (Lipinski definition) is 2. The minimum absolute atomic E-state index is 0.0407. The molecule has 0 spiro atoms. The van der Waals surface area contributed by atoms with Crippen molar-refractivity contribution in [2.75, 3.05) is 13.2 Å². The van der Waals surface area contributed by atoms with Gasteiger partial charge in [0, 0.05) is 6.54 Å². The number of hydrogen-bond acceptors (Lipinski definition) is 4. The molecule has 2 N–H and O–H groups in total. The molecule has 1 aromatic heterocycles. The van der Waals surface area contributed by atoms with Crippen molar-refractivity contribution >= 4 is 11.9 Å². The summed E-state index contributed by atoms with van der Waals surface area (Å²) in [6.45, 7) is 2.67. The maximum Gasteiger partial charge on any atom is 0.354 e. The third-order valence-electron chi connectivity index (χ3n) is 1.93. The first-order valence-corrected chi connectivity index (χ1v) is 5.22. The van der Waals surface area contributed by atoms with Gasteiger partial charge in [-0.3, -0.25) is 4.79 Å². The molecule has 0 saturated heterocycles. The number of pyridine rings is 1. The second-order valence-electron chi connectivity index (χ2n) is 3.24. The molecule has 0 atom stereocenters. The third-order valence-corrected chi connectivity index (χ3v) is 1.93. The van der Waals surface area contributed by atoms with E-state index in [0.29, 0.717) is 12.3 Å². The first kappa shape index (κ1) is 13.0. The van der Waals surface area contributed by atoms with E-state index in [1.807, 2.05) is 6.92 Å². The maximum absolute atomic E-state index is 11.1. The van der Waals surface area contributed by atoms with Crippen molar-refractivity contribution in [1.29, 1.82) is 0 Å². The molecule has 0 radical (unpaired) electrons. The highest BCUT2D eigenvalue weighted by molar-refractivity contribution is 5.85. The Balaban J connectivity index is 2.37. The molecule has 1 heterocycles. The van der Waals surface area contributed by atoms with Crippen LogP contribution in [0.5, 0.6) is 5.75 Å². The van der Waals surface area contributed by atoms with Gasteiger partial charge in [0.2, 0.25) is 5.91 Å². The van der Waals surface area contributed by atoms with Crippen LogP contribution in [-0.4, -0.2) is 35.1 Å². The van der Waals surface area contributed by atoms with Gasteiger partial charge in [-0.25, -0.2) is 9.78 Å². The van der Waals surface area contributed by atoms with Gasteiger partial charge in [0.25, 0.3) is 0 Å². The molecular formula is C11H14N2O4. The van der Waals surface area contributed by atoms with Crippen LogP contribution >= 0.6 is 0 Å². The second-order valence-corrected chi connectivity index (χ2v) is 3.24. The van der Waals surface area contributed by atoms with Gasteiger partial charge in [0.15, 0.2) is 0 Å². The molecule has 6 heteroatoms. The molecule has 6 nitrogen and oxygen atoms in total. The predicted molar refractivity (Wildman–Crippen MR) is 60.0 cm³/mol. The average molecular weight is 238 g/mol. The fraction of sp³-hybridized carbons (Fsp3) is 0.364. The molecule has 1 rings (SSSR count). The van der Waals surface area contributed by atoms with Crippen molar-refractivity contribution in [1.82, 2.24) is 10.3 Å². The molecular weight excluding hydrogens is 224 g/mol. The molecule has 0 aliphatic carbocycles. The topological polar surface area (TPSA) is 88.5 Å². The van der Waals surface area contributed by atoms with E-state index in [1.54, 1.807) is 0 Å². The monoisotopic (exact) mass is 238 g/mol. The molecule has 0 aromatic carbocycles. The molecule has 1 amide bonds. The number of nitrogens with one attached hydrogen (secondary N) is 1. The Morgan fingerprint density at radius 2 is 2.24 bits per heavy atom. The van der Waals surface area contributed by atoms with Gasteiger partial charge in [0.05, 0.1) is 19.2 Å². The largest absolute Gasteiger partial charge is 0.491 e. The van der Waals surface area contributed by atoms with Gasteiger partial charge in [-0.05, 0) is 19.1 Å². The van der Waals surface area contributed by atoms with Gasteiger partial charge in [-0.1, -0.05) is 0 Å². The highest BCUT2D eigenvalue weighted by atomic mass is 16.5. The van der Waals surface area contributed by atoms with Gasteiger partial charge >= 0.3 is 5.97 Å². The lowest BCUT2D eigenvalue weighted by molar-refractivity contribution is -0.121. The Bertz CT molecular complexity index is 389. The van der Waals surface area contributed by atoms with Gasteiger partial charge in [-0.2, -0.15) is 0 Å². The summed E-state index contributed by atoms with van der Waals surface area (Å²) in [5, 5.41) is 11.3. The zero-order chi connectivity index (χ0) is 12.7. The fourth-order valence-electron chi connectivity index (χ4n) is 1.14. The molecule has 1 aromatic rings. The summed E-state index contributed by atoms with van der Waals surface area (Å²) in [7, 11) is 0. The Labute approximate surface area is 98.6 Å². The van der Waals surface area contributed by atoms with E-state index in [1.165, 1.54) is 18.3 Å². The summed E-state index contributed by atoms with van der Waals surface area (Å²) in [4.78, 5) is 25.3. The van der Waals surface area contributed by atoms with Crippen molar-refractivity contribution in [3.63, 3.8) is 0 Å². The predicted octanol–water partition coefficient (Wildman–Crippen LogP) is 0.685. The zero-order valence-electron chi connectivity index (χ0n) is 9.47. The van der Waals surface area contributed by atoms with Crippen LogP contribution in [0.2, 0.25) is 0 Å². The number of carboxylic acids is 1. The lowest BCUT2D eigenvalue weighted by atomic mass is 10.3. The van der Waals surface area contributed by atoms with Crippen molar-refractivity contribution in [2.45, 2.75) is 13.3 Å². The molecule has 0 saturated carbocycles. The van der Waals surface area contributed by atoms with Crippen LogP contribution in [-0.2, 0) is 4.79 Å². The highest BCUT2D eigenvalue weighted by Gasteiger charge is 2.04. The van der Waals surface area contributed by atoms with Crippen LogP contribution in [0.25, 0.3) is 0 Å². The van der Waals surface area contributed by atoms with Crippen LogP contribution in [0.1, 0.15) is 23.8 Å². The molecule has 92 valence electrons. The summed E-state index contributed by atoms with van der Waals surface area (Å²) in [6.07, 6.45) is 1.58. The van der Waals surface area contributed by atoms with Crippen molar-refractivity contribution < 1.29 is 19.4 Å². The molecule has 0 aliphatic heterocycles. The number of aromatic nitrogens is 1. The van der Waals surface area contributed by atoms with Crippen molar-refractivity contribution in [2.24, 2.45) is 0 Å². The standard InChI is InChI=1S/C11H14N2O4/c1-2-12-10(14)5-6-17-8-3-4-9(11(15)16)13-7-8/h3-4,7H,2,5-6H2,1H3,(H,12,14)(H,15,16). The summed E-state index contributed by atoms with van der Waals surface area (Å²) in [5.41, 5.74) is -0.0407. The molecule has 0 unspecified atom stereocenters. The molecule has 0 bridgehead atoms. The molecule has 0 aliphatic rings. The van der Waals surface area contributed by atoms with E-state index in [-0.39, 0.29) is 24.6 Å². The number of nitrogens with zero attached hydrogens (tertiary/aromatic N) is 1. The zero-order valence-corrected chi connectivity index (χ0v) is 9.47. The lowest BCUT2D eigenvalue weighted by Gasteiger charge is -2.05. The summed E-state index contributed by atoms with van der Waals surface area (Å²) < 4.78 is 5.24. The molecule has 17 heavy (non-hydrogen) atoms. The Morgan fingerprint density at radius 1 is 1.47 bits per heavy atom. The van der Waals surface area contributed by atoms with Crippen LogP contribution in [0.3, 0.4) is 0 Å². The van der Waals surface area contributed by atoms with Crippen LogP contribution in [0.4, 0.5) is 0 Å². The van der Waals surface area contributed by atoms with E-state index in [9.17, 15) is 9.59 Å². The summed E-state index contributed by atoms with van der Waals surface area (Å²) in [6, 6.07) is 2.86. The Hall–Kier alpha value is -2.11. The summed E-state index contributed by atoms with van der Waals surface area (Å²) >= 11 is 0. The second kappa shape index (κ2) is 6.47. The number of aromatic carboxylic acids is 1. The minimum Gasteiger partial charge on any atom is -0.491 e. The van der Waals surface area contributed by atoms with Gasteiger partial charge in [0.1, 0.15) is 11.4 Å². The lowest BCUT2D eigenvalue weighted by Crippen LogP contribution is -2.24. The number of carbonyl (C=O) groups excluding carboxylic acids is 1. The van der Waals surface area contributed by atoms with Crippen molar-refractivity contribution in [3.05, 3.63) is 24.0 Å². The van der Waals surface area contributed by atoms with Crippen molar-refractivity contribution in [3.8, 4) is 5.75 Å². The average Bonchev–Trinajstić information content (AvgIpc) is 2.30. The van der Waals surface area contributed by atoms with Crippen LogP contribution in [0, 0.1) is 0 Å². The van der Waals surface area contributed by atoms with E-state index >= 15 is 0 Å². The fourth-order valence-corrected chi connectivity index (χ4v) is 1.14. The smallest absolute Gasteiger partial charge is 0.354 e. The molecule has 0 fully saturated rings. The quantitative estimate of drug-likeness (QED) is 0.761. The minimum atomic E-state index is -1.08. The van der Waals surface area contributed by atoms with E-state index in [0.717, 1.165) is 0 Å². The Kier molecular flexibility index (Phi) is 4.93. The van der Waals surface area contributed by atoms with E-state index < -0.39 is 5.97 Å². The number of carbonyl (C=O) groups is 2. The third kappa shape index (κ3) is 4.50. The van der Waals surface area contributed by atoms with E-state index in [2.05, 4.69) is 10.3 Å². The number of ether oxygens (including phenoxy) is 1. The number of rotatable bonds is 6. The number of carboxylic acid groups (broad SMARTS) is 1. The van der Waals surface area contributed by atoms with Gasteiger partial charge < -0.3 is 15.2 Å². The SMILES string of the molecule is CCNC(=O)CCOc1ccc(C(=O)O)nc1. The van der Waals surface area contributed by atoms with Gasteiger partial charge in [-0.15, -0.1) is 0 Å². The summed E-state index contributed by atoms with van der Waals surface area (Å²) in [5.74, 6) is -0.721. The Morgan fingerprint density at radius 3 is 2.76 bits per heavy atom. The normalized spacial score (nSPS) is 9.71. The van der Waals surface area contributed by atoms with Crippen LogP contribution < -0.4 is 10.1 Å². The highest BCUT2D eigenvalue weighted by Crippen LogP contribution is 2.09.